The molecule has 0 aliphatic rings. The maximum absolute atomic E-state index is 5.60. The van der Waals surface area contributed by atoms with Crippen molar-refractivity contribution in [2.24, 2.45) is 0 Å². The lowest BCUT2D eigenvalue weighted by atomic mass is 10.3. The number of pyridine rings is 1. The first-order valence-corrected chi connectivity index (χ1v) is 5.65. The van der Waals surface area contributed by atoms with Crippen LogP contribution in [-0.2, 0) is 6.54 Å². The zero-order valence-corrected chi connectivity index (χ0v) is 9.62. The number of nitrogens with one attached hydrogen (secondary N) is 1. The Morgan fingerprint density at radius 2 is 2.27 bits per heavy atom. The van der Waals surface area contributed by atoms with Crippen LogP contribution in [0, 0.1) is 0 Å². The lowest BCUT2D eigenvalue weighted by Gasteiger charge is -2.07. The van der Waals surface area contributed by atoms with E-state index < -0.39 is 0 Å². The van der Waals surface area contributed by atoms with Crippen molar-refractivity contribution in [3.05, 3.63) is 24.0 Å². The van der Waals surface area contributed by atoms with Gasteiger partial charge in [0.05, 0.1) is 12.3 Å². The average molecular weight is 208 g/mol. The number of ether oxygens (including phenoxy) is 1. The molecule has 0 aliphatic carbocycles. The zero-order valence-electron chi connectivity index (χ0n) is 9.62. The molecule has 0 amide bonds. The lowest BCUT2D eigenvalue weighted by Crippen LogP contribution is -2.12. The minimum Gasteiger partial charge on any atom is -0.493 e. The summed E-state index contributed by atoms with van der Waals surface area (Å²) in [6, 6.07) is 3.91. The molecular formula is C12H20N2O. The van der Waals surface area contributed by atoms with Gasteiger partial charge in [-0.3, -0.25) is 4.98 Å². The predicted octanol–water partition coefficient (Wildman–Crippen LogP) is 2.37. The predicted molar refractivity (Wildman–Crippen MR) is 62.0 cm³/mol. The normalized spacial score (nSPS) is 10.3. The van der Waals surface area contributed by atoms with Gasteiger partial charge in [0.15, 0.2) is 0 Å². The van der Waals surface area contributed by atoms with Gasteiger partial charge in [0.25, 0.3) is 0 Å². The van der Waals surface area contributed by atoms with E-state index in [2.05, 4.69) is 24.1 Å². The van der Waals surface area contributed by atoms with Crippen LogP contribution in [0.4, 0.5) is 0 Å². The molecule has 15 heavy (non-hydrogen) atoms. The van der Waals surface area contributed by atoms with Gasteiger partial charge in [0, 0.05) is 18.8 Å². The molecule has 0 atom stereocenters. The Balaban J connectivity index is 2.42. The van der Waals surface area contributed by atoms with Crippen LogP contribution in [0.3, 0.4) is 0 Å². The van der Waals surface area contributed by atoms with Crippen molar-refractivity contribution in [1.82, 2.24) is 10.3 Å². The van der Waals surface area contributed by atoms with Gasteiger partial charge in [0.1, 0.15) is 5.75 Å². The first-order valence-electron chi connectivity index (χ1n) is 5.65. The minimum absolute atomic E-state index is 0.793. The highest BCUT2D eigenvalue weighted by Crippen LogP contribution is 2.11. The van der Waals surface area contributed by atoms with Crippen LogP contribution in [0.1, 0.15) is 32.4 Å². The number of nitrogens with zero attached hydrogens (tertiary/aromatic N) is 1. The summed E-state index contributed by atoms with van der Waals surface area (Å²) in [4.78, 5) is 4.26. The summed E-state index contributed by atoms with van der Waals surface area (Å²) < 4.78 is 5.60. The molecule has 84 valence electrons. The summed E-state index contributed by atoms with van der Waals surface area (Å²) in [5.41, 5.74) is 1.03. The number of hydrogen-bond donors (Lipinski definition) is 1. The molecule has 1 aromatic rings. The van der Waals surface area contributed by atoms with E-state index in [1.165, 1.54) is 0 Å². The fraction of sp³-hybridized carbons (Fsp3) is 0.583. The molecule has 1 heterocycles. The van der Waals surface area contributed by atoms with Gasteiger partial charge >= 0.3 is 0 Å². The largest absolute Gasteiger partial charge is 0.493 e. The molecular weight excluding hydrogens is 188 g/mol. The van der Waals surface area contributed by atoms with Crippen molar-refractivity contribution < 1.29 is 4.74 Å². The highest BCUT2D eigenvalue weighted by atomic mass is 16.5. The van der Waals surface area contributed by atoms with Crippen molar-refractivity contribution in [2.45, 2.75) is 33.2 Å². The number of unbranched alkanes of at least 4 members (excludes halogenated alkanes) is 1. The third kappa shape index (κ3) is 4.79. The Bertz CT molecular complexity index is 276. The van der Waals surface area contributed by atoms with Crippen LogP contribution in [-0.4, -0.2) is 18.1 Å². The van der Waals surface area contributed by atoms with Gasteiger partial charge in [-0.25, -0.2) is 0 Å². The topological polar surface area (TPSA) is 34.1 Å². The monoisotopic (exact) mass is 208 g/mol. The maximum atomic E-state index is 5.60. The second-order valence-electron chi connectivity index (χ2n) is 3.47. The third-order valence-electron chi connectivity index (χ3n) is 2.11. The summed E-state index contributed by atoms with van der Waals surface area (Å²) in [6.07, 6.45) is 4.06. The van der Waals surface area contributed by atoms with E-state index in [0.29, 0.717) is 0 Å². The van der Waals surface area contributed by atoms with E-state index in [0.717, 1.165) is 44.0 Å². The molecule has 0 radical (unpaired) electrons. The van der Waals surface area contributed by atoms with E-state index in [1.807, 2.05) is 12.1 Å². The highest BCUT2D eigenvalue weighted by Gasteiger charge is 1.97. The summed E-state index contributed by atoms with van der Waals surface area (Å²) >= 11 is 0. The van der Waals surface area contributed by atoms with Gasteiger partial charge < -0.3 is 10.1 Å². The molecule has 0 saturated carbocycles. The smallest absolute Gasteiger partial charge is 0.122 e. The summed E-state index contributed by atoms with van der Waals surface area (Å²) in [6.45, 7) is 6.80. The van der Waals surface area contributed by atoms with E-state index in [-0.39, 0.29) is 0 Å². The van der Waals surface area contributed by atoms with Gasteiger partial charge in [-0.2, -0.15) is 0 Å². The standard InChI is InChI=1S/C12H20N2O/c1-3-5-8-15-12-6-7-14-11(9-12)10-13-4-2/h6-7,9,13H,3-5,8,10H2,1-2H3. The van der Waals surface area contributed by atoms with E-state index in [4.69, 9.17) is 4.74 Å². The number of hydrogen-bond acceptors (Lipinski definition) is 3. The van der Waals surface area contributed by atoms with Crippen LogP contribution in [0.25, 0.3) is 0 Å². The van der Waals surface area contributed by atoms with Crippen LogP contribution in [0.5, 0.6) is 5.75 Å². The number of rotatable bonds is 7. The van der Waals surface area contributed by atoms with Gasteiger partial charge in [-0.1, -0.05) is 20.3 Å². The summed E-state index contributed by atoms with van der Waals surface area (Å²) in [5, 5.41) is 3.24. The molecule has 1 rings (SSSR count). The molecule has 1 N–H and O–H groups in total. The molecule has 0 aromatic carbocycles. The van der Waals surface area contributed by atoms with Crippen molar-refractivity contribution in [3.8, 4) is 5.75 Å². The maximum Gasteiger partial charge on any atom is 0.122 e. The Morgan fingerprint density at radius 1 is 1.40 bits per heavy atom. The average Bonchev–Trinajstić information content (AvgIpc) is 2.27. The van der Waals surface area contributed by atoms with Crippen molar-refractivity contribution >= 4 is 0 Å². The molecule has 0 bridgehead atoms. The van der Waals surface area contributed by atoms with Gasteiger partial charge in [-0.15, -0.1) is 0 Å². The van der Waals surface area contributed by atoms with E-state index in [1.54, 1.807) is 6.20 Å². The third-order valence-corrected chi connectivity index (χ3v) is 2.11. The second kappa shape index (κ2) is 7.23. The molecule has 0 aliphatic heterocycles. The first-order chi connectivity index (χ1) is 7.36. The minimum atomic E-state index is 0.793. The van der Waals surface area contributed by atoms with E-state index >= 15 is 0 Å². The molecule has 0 spiro atoms. The second-order valence-corrected chi connectivity index (χ2v) is 3.47. The highest BCUT2D eigenvalue weighted by molar-refractivity contribution is 5.22. The molecule has 0 fully saturated rings. The molecule has 3 heteroatoms. The molecule has 3 nitrogen and oxygen atoms in total. The lowest BCUT2D eigenvalue weighted by molar-refractivity contribution is 0.308. The van der Waals surface area contributed by atoms with Crippen LogP contribution >= 0.6 is 0 Å². The van der Waals surface area contributed by atoms with E-state index in [9.17, 15) is 0 Å². The fourth-order valence-corrected chi connectivity index (χ4v) is 1.23. The van der Waals surface area contributed by atoms with Crippen LogP contribution < -0.4 is 10.1 Å². The van der Waals surface area contributed by atoms with Crippen LogP contribution in [0.15, 0.2) is 18.3 Å². The molecule has 1 aromatic heterocycles. The van der Waals surface area contributed by atoms with Crippen molar-refractivity contribution in [1.29, 1.82) is 0 Å². The summed E-state index contributed by atoms with van der Waals surface area (Å²) in [7, 11) is 0. The Kier molecular flexibility index (Phi) is 5.78. The molecule has 0 saturated heterocycles. The van der Waals surface area contributed by atoms with Gasteiger partial charge in [0.2, 0.25) is 0 Å². The Labute approximate surface area is 91.9 Å². The quantitative estimate of drug-likeness (QED) is 0.698. The number of aromatic nitrogens is 1. The summed E-state index contributed by atoms with van der Waals surface area (Å²) in [5.74, 6) is 0.923. The first kappa shape index (κ1) is 12.0. The van der Waals surface area contributed by atoms with Crippen molar-refractivity contribution in [3.63, 3.8) is 0 Å². The van der Waals surface area contributed by atoms with Crippen LogP contribution in [0.2, 0.25) is 0 Å². The van der Waals surface area contributed by atoms with Crippen molar-refractivity contribution in [2.75, 3.05) is 13.2 Å². The Morgan fingerprint density at radius 3 is 3.00 bits per heavy atom. The fourth-order valence-electron chi connectivity index (χ4n) is 1.23. The zero-order chi connectivity index (χ0) is 10.9. The van der Waals surface area contributed by atoms with Gasteiger partial charge in [-0.05, 0) is 19.0 Å². The molecule has 0 unspecified atom stereocenters. The Hall–Kier alpha value is -1.09. The SMILES string of the molecule is CCCCOc1ccnc(CNCC)c1.